The molecule has 0 fully saturated rings. The SMILES string of the molecule is O=[S+]C(F)(F)C(F)(F)C(F)(F)C(F)(F)C(F)(F)C(F)(F)F. The molecule has 0 heterocycles. The summed E-state index contributed by atoms with van der Waals surface area (Å²) in [5.74, 6) is -31.1. The Balaban J connectivity index is 6.20. The maximum absolute atomic E-state index is 12.6. The van der Waals surface area contributed by atoms with Crippen LogP contribution in [0.25, 0.3) is 0 Å². The van der Waals surface area contributed by atoms with Gasteiger partial charge in [-0.15, -0.1) is 8.78 Å². The fourth-order valence-electron chi connectivity index (χ4n) is 0.807. The number of hydrogen-bond donors (Lipinski definition) is 0. The summed E-state index contributed by atoms with van der Waals surface area (Å²) >= 11 is -2.68. The van der Waals surface area contributed by atoms with Gasteiger partial charge in [-0.3, -0.25) is 0 Å². The number of hydrogen-bond acceptors (Lipinski definition) is 1. The second kappa shape index (κ2) is 4.81. The average molecular weight is 367 g/mol. The topological polar surface area (TPSA) is 17.1 Å². The van der Waals surface area contributed by atoms with Gasteiger partial charge in [-0.25, -0.2) is 0 Å². The van der Waals surface area contributed by atoms with Crippen molar-refractivity contribution in [2.75, 3.05) is 0 Å². The minimum absolute atomic E-state index is 2.68. The second-order valence-electron chi connectivity index (χ2n) is 3.40. The van der Waals surface area contributed by atoms with Crippen molar-refractivity contribution in [2.24, 2.45) is 0 Å². The molecule has 0 amide bonds. The lowest BCUT2D eigenvalue weighted by Gasteiger charge is -2.36. The molecule has 0 atom stereocenters. The van der Waals surface area contributed by atoms with E-state index in [0.717, 1.165) is 0 Å². The predicted molar refractivity (Wildman–Crippen MR) is 38.8 cm³/mol. The van der Waals surface area contributed by atoms with E-state index in [-0.39, 0.29) is 0 Å². The molecule has 0 radical (unpaired) electrons. The van der Waals surface area contributed by atoms with E-state index < -0.39 is 46.8 Å². The van der Waals surface area contributed by atoms with Crippen molar-refractivity contribution < 1.29 is 61.3 Å². The maximum atomic E-state index is 12.6. The smallest absolute Gasteiger partial charge is 0.192 e. The first-order chi connectivity index (χ1) is 8.81. The van der Waals surface area contributed by atoms with Crippen molar-refractivity contribution in [1.82, 2.24) is 0 Å². The van der Waals surface area contributed by atoms with Crippen LogP contribution in [0.3, 0.4) is 0 Å². The van der Waals surface area contributed by atoms with Gasteiger partial charge < -0.3 is 0 Å². The largest absolute Gasteiger partial charge is 0.600 e. The van der Waals surface area contributed by atoms with Crippen molar-refractivity contribution in [3.8, 4) is 0 Å². The lowest BCUT2D eigenvalue weighted by atomic mass is 9.98. The Labute approximate surface area is 109 Å². The minimum atomic E-state index is -7.96. The van der Waals surface area contributed by atoms with E-state index in [0.29, 0.717) is 0 Å². The third kappa shape index (κ3) is 2.52. The van der Waals surface area contributed by atoms with Crippen LogP contribution in [0.1, 0.15) is 0 Å². The molecule has 0 saturated carbocycles. The normalized spacial score (nSPS) is 16.0. The first-order valence-corrected chi connectivity index (χ1v) is 4.82. The first kappa shape index (κ1) is 20.1. The molecule has 0 aliphatic carbocycles. The summed E-state index contributed by atoms with van der Waals surface area (Å²) in [5.41, 5.74) is 0. The lowest BCUT2D eigenvalue weighted by molar-refractivity contribution is -0.433. The molecule has 0 aromatic carbocycles. The Morgan fingerprint density at radius 3 is 1.00 bits per heavy atom. The maximum Gasteiger partial charge on any atom is 0.600 e. The zero-order valence-corrected chi connectivity index (χ0v) is 9.55. The van der Waals surface area contributed by atoms with Gasteiger partial charge in [0.15, 0.2) is 0 Å². The molecule has 0 spiro atoms. The molecule has 15 heteroatoms. The summed E-state index contributed by atoms with van der Waals surface area (Å²) in [6.07, 6.45) is -7.45. The lowest BCUT2D eigenvalue weighted by Crippen LogP contribution is -2.69. The third-order valence-electron chi connectivity index (χ3n) is 2.01. The molecule has 0 rings (SSSR count). The third-order valence-corrected chi connectivity index (χ3v) is 2.47. The van der Waals surface area contributed by atoms with Crippen LogP contribution in [0, 0.1) is 0 Å². The second-order valence-corrected chi connectivity index (χ2v) is 4.07. The summed E-state index contributed by atoms with van der Waals surface area (Å²) in [5, 5.41) is -6.58. The van der Waals surface area contributed by atoms with Crippen LogP contribution in [0.4, 0.5) is 57.1 Å². The molecule has 0 aliphatic rings. The predicted octanol–water partition coefficient (Wildman–Crippen LogP) is 4.11. The molecule has 126 valence electrons. The van der Waals surface area contributed by atoms with E-state index >= 15 is 0 Å². The van der Waals surface area contributed by atoms with E-state index in [1.165, 1.54) is 0 Å². The Morgan fingerprint density at radius 2 is 0.762 bits per heavy atom. The van der Waals surface area contributed by atoms with E-state index in [1.807, 2.05) is 0 Å². The Morgan fingerprint density at radius 1 is 0.476 bits per heavy atom. The van der Waals surface area contributed by atoms with Crippen molar-refractivity contribution >= 4 is 11.7 Å². The fraction of sp³-hybridized carbons (Fsp3) is 1.00. The molecule has 21 heavy (non-hydrogen) atoms. The molecular weight excluding hydrogens is 367 g/mol. The fourth-order valence-corrected chi connectivity index (χ4v) is 1.04. The van der Waals surface area contributed by atoms with Gasteiger partial charge in [0, 0.05) is 4.21 Å². The molecule has 0 N–H and O–H groups in total. The standard InChI is InChI=1S/C6F13OS/c7-1(8,3(11,12)5(15,16)17)2(9,10)4(13,14)6(18,19)21-20/q+1. The molecule has 0 unspecified atom stereocenters. The Hall–Kier alpha value is -0.890. The highest BCUT2D eigenvalue weighted by Crippen LogP contribution is 2.60. The zero-order chi connectivity index (χ0) is 17.7. The van der Waals surface area contributed by atoms with Crippen LogP contribution < -0.4 is 0 Å². The van der Waals surface area contributed by atoms with Gasteiger partial charge in [-0.05, 0) is 0 Å². The van der Waals surface area contributed by atoms with Gasteiger partial charge in [-0.2, -0.15) is 48.3 Å². The highest BCUT2D eigenvalue weighted by molar-refractivity contribution is 7.66. The monoisotopic (exact) mass is 367 g/mol. The van der Waals surface area contributed by atoms with E-state index in [1.54, 1.807) is 0 Å². The number of rotatable bonds is 5. The van der Waals surface area contributed by atoms with Gasteiger partial charge >= 0.3 is 46.8 Å². The summed E-state index contributed by atoms with van der Waals surface area (Å²) in [6.45, 7) is 0. The molecule has 0 saturated heterocycles. The van der Waals surface area contributed by atoms with Gasteiger partial charge in [0.2, 0.25) is 0 Å². The van der Waals surface area contributed by atoms with E-state index in [2.05, 4.69) is 0 Å². The number of halogens is 13. The van der Waals surface area contributed by atoms with Crippen molar-refractivity contribution in [2.45, 2.75) is 35.1 Å². The zero-order valence-electron chi connectivity index (χ0n) is 8.73. The van der Waals surface area contributed by atoms with Gasteiger partial charge in [0.25, 0.3) is 0 Å². The summed E-state index contributed by atoms with van der Waals surface area (Å²) in [6, 6.07) is 0. The average Bonchev–Trinajstić information content (AvgIpc) is 2.26. The van der Waals surface area contributed by atoms with Crippen LogP contribution in [0.5, 0.6) is 0 Å². The molecule has 0 aromatic heterocycles. The van der Waals surface area contributed by atoms with Crippen LogP contribution in [-0.4, -0.2) is 35.1 Å². The van der Waals surface area contributed by atoms with Crippen LogP contribution in [0.15, 0.2) is 0 Å². The van der Waals surface area contributed by atoms with Crippen LogP contribution in [0.2, 0.25) is 0 Å². The summed E-state index contributed by atoms with van der Waals surface area (Å²) in [4.78, 5) is 0. The minimum Gasteiger partial charge on any atom is -0.192 e. The first-order valence-electron chi connectivity index (χ1n) is 4.08. The number of alkyl halides is 13. The van der Waals surface area contributed by atoms with Crippen molar-refractivity contribution in [1.29, 1.82) is 0 Å². The quantitative estimate of drug-likeness (QED) is 0.528. The summed E-state index contributed by atoms with van der Waals surface area (Å²) in [7, 11) is 0. The van der Waals surface area contributed by atoms with E-state index in [9.17, 15) is 61.3 Å². The molecular formula is C6F13OS+. The van der Waals surface area contributed by atoms with E-state index in [4.69, 9.17) is 0 Å². The summed E-state index contributed by atoms with van der Waals surface area (Å²) < 4.78 is 168. The Bertz CT molecular complexity index is 409. The molecule has 1 nitrogen and oxygen atoms in total. The van der Waals surface area contributed by atoms with Gasteiger partial charge in [0.1, 0.15) is 0 Å². The van der Waals surface area contributed by atoms with Gasteiger partial charge in [0.05, 0.1) is 0 Å². The van der Waals surface area contributed by atoms with Crippen molar-refractivity contribution in [3.63, 3.8) is 0 Å². The highest BCUT2D eigenvalue weighted by Gasteiger charge is 2.94. The molecule has 0 aromatic rings. The van der Waals surface area contributed by atoms with Crippen molar-refractivity contribution in [3.05, 3.63) is 0 Å². The van der Waals surface area contributed by atoms with Gasteiger partial charge in [-0.1, -0.05) is 0 Å². The highest BCUT2D eigenvalue weighted by atomic mass is 32.1. The Kier molecular flexibility index (Phi) is 4.60. The molecule has 0 aliphatic heterocycles. The van der Waals surface area contributed by atoms with Crippen LogP contribution in [-0.2, 0) is 15.9 Å². The molecule has 0 bridgehead atoms. The van der Waals surface area contributed by atoms with Crippen LogP contribution >= 0.6 is 0 Å².